The minimum atomic E-state index is -0.848. The first-order valence-electron chi connectivity index (χ1n) is 31.5. The number of rotatable bonds is 59. The van der Waals surface area contributed by atoms with Crippen LogP contribution in [0.15, 0.2) is 12.2 Å². The predicted molar refractivity (Wildman–Crippen MR) is 301 cm³/mol. The largest absolute Gasteiger partial charge is 0.466 e. The van der Waals surface area contributed by atoms with Gasteiger partial charge in [-0.2, -0.15) is 0 Å². The van der Waals surface area contributed by atoms with Gasteiger partial charge in [0.25, 0.3) is 0 Å². The Kier molecular flexibility index (Phi) is 58.0. The maximum atomic E-state index is 12.5. The second-order valence-corrected chi connectivity index (χ2v) is 21.8. The molecule has 410 valence electrons. The second kappa shape index (κ2) is 59.2. The van der Waals surface area contributed by atoms with Gasteiger partial charge in [0.2, 0.25) is 5.91 Å². The van der Waals surface area contributed by atoms with Crippen LogP contribution in [-0.2, 0) is 14.3 Å². The van der Waals surface area contributed by atoms with Crippen LogP contribution in [0.5, 0.6) is 0 Å². The number of hydrogen-bond donors (Lipinski definition) is 3. The van der Waals surface area contributed by atoms with Crippen LogP contribution in [0.25, 0.3) is 0 Å². The molecule has 0 radical (unpaired) electrons. The summed E-state index contributed by atoms with van der Waals surface area (Å²) in [4.78, 5) is 24.6. The Morgan fingerprint density at radius 1 is 0.391 bits per heavy atom. The molecule has 0 bridgehead atoms. The van der Waals surface area contributed by atoms with E-state index in [-0.39, 0.29) is 18.5 Å². The first-order valence-corrected chi connectivity index (χ1v) is 31.5. The summed E-state index contributed by atoms with van der Waals surface area (Å²) >= 11 is 0. The van der Waals surface area contributed by atoms with Crippen LogP contribution >= 0.6 is 0 Å². The summed E-state index contributed by atoms with van der Waals surface area (Å²) in [5.74, 6) is -0.0608. The summed E-state index contributed by atoms with van der Waals surface area (Å²) in [5.41, 5.74) is 0. The number of unbranched alkanes of at least 4 members (excludes halogenated alkanes) is 48. The normalized spacial score (nSPS) is 12.6. The molecule has 0 aromatic heterocycles. The monoisotopic (exact) mass is 974 g/mol. The Morgan fingerprint density at radius 2 is 0.667 bits per heavy atom. The van der Waals surface area contributed by atoms with E-state index in [9.17, 15) is 19.8 Å². The number of nitrogens with one attached hydrogen (secondary N) is 1. The fourth-order valence-electron chi connectivity index (χ4n) is 9.99. The molecule has 1 amide bonds. The summed E-state index contributed by atoms with van der Waals surface area (Å²) in [7, 11) is 0. The van der Waals surface area contributed by atoms with Gasteiger partial charge in [0, 0.05) is 12.8 Å². The van der Waals surface area contributed by atoms with E-state index in [1.54, 1.807) is 6.08 Å². The first kappa shape index (κ1) is 67.6. The molecule has 0 saturated carbocycles. The number of carbonyl (C=O) groups is 2. The molecule has 0 aromatic carbocycles. The third-order valence-corrected chi connectivity index (χ3v) is 14.8. The Balaban J connectivity index is 3.42. The minimum Gasteiger partial charge on any atom is -0.466 e. The molecule has 3 N–H and O–H groups in total. The zero-order valence-electron chi connectivity index (χ0n) is 46.8. The quantitative estimate of drug-likeness (QED) is 0.0321. The third kappa shape index (κ3) is 55.8. The number of allylic oxidation sites excluding steroid dienone is 1. The number of aliphatic hydroxyl groups excluding tert-OH is 2. The zero-order chi connectivity index (χ0) is 50.0. The van der Waals surface area contributed by atoms with E-state index < -0.39 is 12.1 Å². The predicted octanol–water partition coefficient (Wildman–Crippen LogP) is 19.6. The van der Waals surface area contributed by atoms with Gasteiger partial charge in [-0.25, -0.2) is 0 Å². The molecule has 0 aliphatic heterocycles. The Labute approximate surface area is 431 Å². The van der Waals surface area contributed by atoms with Crippen LogP contribution in [0.4, 0.5) is 0 Å². The lowest BCUT2D eigenvalue weighted by molar-refractivity contribution is -0.143. The topological polar surface area (TPSA) is 95.9 Å². The zero-order valence-corrected chi connectivity index (χ0v) is 46.8. The van der Waals surface area contributed by atoms with Gasteiger partial charge in [0.05, 0.1) is 25.4 Å². The van der Waals surface area contributed by atoms with E-state index in [1.807, 2.05) is 6.08 Å². The van der Waals surface area contributed by atoms with E-state index >= 15 is 0 Å². The standard InChI is InChI=1S/C63H123NO5/c1-3-5-7-9-11-13-15-17-19-21-22-24-27-31-35-39-43-47-51-55-61(66)60(59-65)64-62(67)56-52-48-44-40-36-32-28-25-23-26-30-34-38-42-46-50-54-58-69-63(68)57-53-49-45-41-37-33-29-20-18-16-14-12-10-8-6-4-2/h51,55,60-61,65-66H,3-50,52-54,56-59H2,1-2H3,(H,64,67)/b55-51+. The molecule has 6 heteroatoms. The first-order chi connectivity index (χ1) is 34.0. The van der Waals surface area contributed by atoms with Gasteiger partial charge in [-0.1, -0.05) is 321 Å². The lowest BCUT2D eigenvalue weighted by Gasteiger charge is -2.20. The van der Waals surface area contributed by atoms with Crippen molar-refractivity contribution in [2.24, 2.45) is 0 Å². The van der Waals surface area contributed by atoms with Gasteiger partial charge >= 0.3 is 5.97 Å². The second-order valence-electron chi connectivity index (χ2n) is 21.8. The summed E-state index contributed by atoms with van der Waals surface area (Å²) in [5, 5.41) is 23.2. The smallest absolute Gasteiger partial charge is 0.305 e. The highest BCUT2D eigenvalue weighted by Gasteiger charge is 2.18. The average Bonchev–Trinajstić information content (AvgIpc) is 3.35. The lowest BCUT2D eigenvalue weighted by Crippen LogP contribution is -2.45. The van der Waals surface area contributed by atoms with Crippen LogP contribution in [0, 0.1) is 0 Å². The Morgan fingerprint density at radius 3 is 0.986 bits per heavy atom. The molecule has 6 nitrogen and oxygen atoms in total. The van der Waals surface area contributed by atoms with Crippen molar-refractivity contribution in [1.29, 1.82) is 0 Å². The summed E-state index contributed by atoms with van der Waals surface area (Å²) in [6.45, 7) is 4.93. The maximum Gasteiger partial charge on any atom is 0.305 e. The molecule has 0 spiro atoms. The van der Waals surface area contributed by atoms with Gasteiger partial charge in [0.1, 0.15) is 0 Å². The van der Waals surface area contributed by atoms with E-state index in [2.05, 4.69) is 19.2 Å². The van der Waals surface area contributed by atoms with Crippen LogP contribution in [-0.4, -0.2) is 47.4 Å². The molecule has 2 unspecified atom stereocenters. The van der Waals surface area contributed by atoms with Crippen LogP contribution in [0.1, 0.15) is 354 Å². The van der Waals surface area contributed by atoms with Gasteiger partial charge in [-0.15, -0.1) is 0 Å². The van der Waals surface area contributed by atoms with Crippen molar-refractivity contribution in [2.75, 3.05) is 13.2 Å². The molecular formula is C63H123NO5. The maximum absolute atomic E-state index is 12.5. The summed E-state index contributed by atoms with van der Waals surface area (Å²) in [6.07, 6.45) is 71.0. The van der Waals surface area contributed by atoms with E-state index in [1.165, 1.54) is 289 Å². The summed E-state index contributed by atoms with van der Waals surface area (Å²) < 4.78 is 5.49. The number of hydrogen-bond acceptors (Lipinski definition) is 5. The Hall–Kier alpha value is -1.40. The lowest BCUT2D eigenvalue weighted by atomic mass is 10.0. The molecular weight excluding hydrogens is 851 g/mol. The fourth-order valence-corrected chi connectivity index (χ4v) is 9.99. The molecule has 0 rings (SSSR count). The van der Waals surface area contributed by atoms with Crippen molar-refractivity contribution in [3.05, 3.63) is 12.2 Å². The SMILES string of the molecule is CCCCCCCCCCCCCCCCCCC/C=C/C(O)C(CO)NC(=O)CCCCCCCCCCCCCCCCCCCOC(=O)CCCCCCCCCCCCCCCCCC. The van der Waals surface area contributed by atoms with Gasteiger partial charge in [-0.05, 0) is 32.1 Å². The number of esters is 1. The number of carbonyl (C=O) groups excluding carboxylic acids is 2. The van der Waals surface area contributed by atoms with Crippen molar-refractivity contribution in [1.82, 2.24) is 5.32 Å². The van der Waals surface area contributed by atoms with Crippen LogP contribution in [0.3, 0.4) is 0 Å². The van der Waals surface area contributed by atoms with Crippen molar-refractivity contribution in [2.45, 2.75) is 366 Å². The molecule has 2 atom stereocenters. The molecule has 0 aliphatic carbocycles. The Bertz CT molecular complexity index is 1030. The number of ether oxygens (including phenoxy) is 1. The number of amides is 1. The minimum absolute atomic E-state index is 0.00882. The van der Waals surface area contributed by atoms with Crippen molar-refractivity contribution >= 4 is 11.9 Å². The van der Waals surface area contributed by atoms with Gasteiger partial charge in [-0.3, -0.25) is 9.59 Å². The highest BCUT2D eigenvalue weighted by Crippen LogP contribution is 2.18. The van der Waals surface area contributed by atoms with Crippen LogP contribution in [0.2, 0.25) is 0 Å². The van der Waals surface area contributed by atoms with E-state index in [4.69, 9.17) is 4.74 Å². The van der Waals surface area contributed by atoms with E-state index in [0.29, 0.717) is 19.4 Å². The molecule has 0 aromatic rings. The van der Waals surface area contributed by atoms with E-state index in [0.717, 1.165) is 38.5 Å². The fraction of sp³-hybridized carbons (Fsp3) is 0.937. The average molecular weight is 975 g/mol. The third-order valence-electron chi connectivity index (χ3n) is 14.8. The number of aliphatic hydroxyl groups is 2. The molecule has 0 aliphatic rings. The molecule has 0 fully saturated rings. The van der Waals surface area contributed by atoms with Crippen molar-refractivity contribution in [3.63, 3.8) is 0 Å². The highest BCUT2D eigenvalue weighted by molar-refractivity contribution is 5.76. The van der Waals surface area contributed by atoms with Gasteiger partial charge in [0.15, 0.2) is 0 Å². The highest BCUT2D eigenvalue weighted by atomic mass is 16.5. The van der Waals surface area contributed by atoms with Gasteiger partial charge < -0.3 is 20.3 Å². The van der Waals surface area contributed by atoms with Crippen LogP contribution < -0.4 is 5.32 Å². The molecule has 0 saturated heterocycles. The van der Waals surface area contributed by atoms with Crippen molar-refractivity contribution in [3.8, 4) is 0 Å². The van der Waals surface area contributed by atoms with Crippen molar-refractivity contribution < 1.29 is 24.5 Å². The molecule has 69 heavy (non-hydrogen) atoms. The summed E-state index contributed by atoms with van der Waals surface area (Å²) in [6, 6.07) is -0.632. The molecule has 0 heterocycles.